The van der Waals surface area contributed by atoms with Gasteiger partial charge in [0.15, 0.2) is 0 Å². The van der Waals surface area contributed by atoms with Crippen molar-refractivity contribution in [2.75, 3.05) is 26.2 Å². The highest BCUT2D eigenvalue weighted by atomic mass is 16.5. The molecule has 1 aliphatic heterocycles. The summed E-state index contributed by atoms with van der Waals surface area (Å²) in [5.41, 5.74) is 2.44. The van der Waals surface area contributed by atoms with Crippen LogP contribution in [0.1, 0.15) is 61.6 Å². The van der Waals surface area contributed by atoms with Crippen LogP contribution in [0.2, 0.25) is 0 Å². The van der Waals surface area contributed by atoms with Crippen LogP contribution >= 0.6 is 0 Å². The lowest BCUT2D eigenvalue weighted by atomic mass is 9.73. The van der Waals surface area contributed by atoms with Crippen LogP contribution < -0.4 is 4.74 Å². The highest BCUT2D eigenvalue weighted by Gasteiger charge is 2.40. The minimum atomic E-state index is -0.988. The summed E-state index contributed by atoms with van der Waals surface area (Å²) in [7, 11) is 0. The highest BCUT2D eigenvalue weighted by Crippen LogP contribution is 2.42. The molecule has 0 spiro atoms. The SMILES string of the molecule is CCCOc1ccc(C(O)(CCc2ccccc2)C(CN2CCCCC2)c2ccccc2)cc1. The first-order valence-corrected chi connectivity index (χ1v) is 13.0. The Morgan fingerprint density at radius 2 is 1.50 bits per heavy atom. The third-order valence-electron chi connectivity index (χ3n) is 7.13. The highest BCUT2D eigenvalue weighted by molar-refractivity contribution is 5.36. The van der Waals surface area contributed by atoms with Gasteiger partial charge in [-0.1, -0.05) is 86.1 Å². The molecule has 1 fully saturated rings. The minimum Gasteiger partial charge on any atom is -0.494 e. The Morgan fingerprint density at radius 1 is 0.853 bits per heavy atom. The molecule has 3 aromatic rings. The van der Waals surface area contributed by atoms with Crippen molar-refractivity contribution in [3.05, 3.63) is 102 Å². The van der Waals surface area contributed by atoms with E-state index in [1.54, 1.807) is 0 Å². The van der Waals surface area contributed by atoms with Gasteiger partial charge in [0, 0.05) is 12.5 Å². The second-order valence-electron chi connectivity index (χ2n) is 9.61. The standard InChI is InChI=1S/C31H39NO2/c1-2-24-34-29-18-16-28(17-19-29)31(33,21-20-26-12-6-3-7-13-26)30(27-14-8-4-9-15-27)25-32-22-10-5-11-23-32/h3-4,6-9,12-19,30,33H,2,5,10-11,20-25H2,1H3. The summed E-state index contributed by atoms with van der Waals surface area (Å²) < 4.78 is 5.83. The second-order valence-corrected chi connectivity index (χ2v) is 9.61. The number of hydrogen-bond acceptors (Lipinski definition) is 3. The Morgan fingerprint density at radius 3 is 2.15 bits per heavy atom. The van der Waals surface area contributed by atoms with Gasteiger partial charge in [0.05, 0.1) is 12.2 Å². The molecular formula is C31H39NO2. The van der Waals surface area contributed by atoms with Crippen LogP contribution in [0.15, 0.2) is 84.9 Å². The number of piperidine rings is 1. The molecule has 0 aliphatic carbocycles. The molecule has 0 bridgehead atoms. The maximum absolute atomic E-state index is 12.6. The zero-order valence-corrected chi connectivity index (χ0v) is 20.5. The van der Waals surface area contributed by atoms with Crippen molar-refractivity contribution in [3.63, 3.8) is 0 Å². The molecule has 180 valence electrons. The lowest BCUT2D eigenvalue weighted by Gasteiger charge is -2.41. The third kappa shape index (κ3) is 6.28. The number of likely N-dealkylation sites (tertiary alicyclic amines) is 1. The Hall–Kier alpha value is -2.62. The van der Waals surface area contributed by atoms with Crippen molar-refractivity contribution < 1.29 is 9.84 Å². The number of benzene rings is 3. The van der Waals surface area contributed by atoms with Gasteiger partial charge in [0.25, 0.3) is 0 Å². The molecule has 34 heavy (non-hydrogen) atoms. The molecular weight excluding hydrogens is 418 g/mol. The fourth-order valence-corrected chi connectivity index (χ4v) is 5.18. The lowest BCUT2D eigenvalue weighted by molar-refractivity contribution is -0.0144. The topological polar surface area (TPSA) is 32.7 Å². The molecule has 0 aromatic heterocycles. The molecule has 0 amide bonds. The Kier molecular flexibility index (Phi) is 8.79. The van der Waals surface area contributed by atoms with Gasteiger partial charge in [-0.25, -0.2) is 0 Å². The largest absolute Gasteiger partial charge is 0.494 e. The predicted octanol–water partition coefficient (Wildman–Crippen LogP) is 6.57. The summed E-state index contributed by atoms with van der Waals surface area (Å²) in [6.45, 7) is 5.91. The van der Waals surface area contributed by atoms with Crippen LogP contribution in [-0.4, -0.2) is 36.2 Å². The molecule has 1 aliphatic rings. The monoisotopic (exact) mass is 457 g/mol. The van der Waals surface area contributed by atoms with Crippen molar-refractivity contribution in [1.82, 2.24) is 4.90 Å². The van der Waals surface area contributed by atoms with Crippen LogP contribution in [0.25, 0.3) is 0 Å². The predicted molar refractivity (Wildman–Crippen MR) is 140 cm³/mol. The van der Waals surface area contributed by atoms with E-state index in [2.05, 4.69) is 78.6 Å². The van der Waals surface area contributed by atoms with Gasteiger partial charge in [0.2, 0.25) is 0 Å². The molecule has 2 atom stereocenters. The van der Waals surface area contributed by atoms with E-state index in [0.29, 0.717) is 13.0 Å². The van der Waals surface area contributed by atoms with Crippen LogP contribution in [0, 0.1) is 0 Å². The molecule has 3 heteroatoms. The van der Waals surface area contributed by atoms with E-state index in [9.17, 15) is 5.11 Å². The summed E-state index contributed by atoms with van der Waals surface area (Å²) in [6.07, 6.45) is 6.27. The van der Waals surface area contributed by atoms with Gasteiger partial charge in [-0.2, -0.15) is 0 Å². The van der Waals surface area contributed by atoms with Crippen LogP contribution in [0.3, 0.4) is 0 Å². The minimum absolute atomic E-state index is 0.0158. The molecule has 4 rings (SSSR count). The molecule has 1 N–H and O–H groups in total. The molecule has 3 nitrogen and oxygen atoms in total. The van der Waals surface area contributed by atoms with Gasteiger partial charge < -0.3 is 14.7 Å². The van der Waals surface area contributed by atoms with Gasteiger partial charge in [-0.15, -0.1) is 0 Å². The van der Waals surface area contributed by atoms with Crippen molar-refractivity contribution in [1.29, 1.82) is 0 Å². The molecule has 2 unspecified atom stereocenters. The first-order chi connectivity index (χ1) is 16.7. The number of aliphatic hydroxyl groups is 1. The van der Waals surface area contributed by atoms with E-state index >= 15 is 0 Å². The zero-order valence-electron chi connectivity index (χ0n) is 20.5. The van der Waals surface area contributed by atoms with Gasteiger partial charge in [0.1, 0.15) is 5.75 Å². The van der Waals surface area contributed by atoms with Crippen molar-refractivity contribution in [3.8, 4) is 5.75 Å². The summed E-state index contributed by atoms with van der Waals surface area (Å²) in [5.74, 6) is 0.848. The number of nitrogens with zero attached hydrogens (tertiary/aromatic N) is 1. The summed E-state index contributed by atoms with van der Waals surface area (Å²) in [5, 5.41) is 12.6. The first-order valence-electron chi connectivity index (χ1n) is 13.0. The lowest BCUT2D eigenvalue weighted by Crippen LogP contribution is -2.43. The molecule has 1 heterocycles. The molecule has 0 radical (unpaired) electrons. The molecule has 1 saturated heterocycles. The maximum Gasteiger partial charge on any atom is 0.119 e. The molecule has 0 saturated carbocycles. The Labute approximate surface area is 205 Å². The van der Waals surface area contributed by atoms with Gasteiger partial charge in [-0.3, -0.25) is 0 Å². The van der Waals surface area contributed by atoms with Gasteiger partial charge in [-0.05, 0) is 74.0 Å². The van der Waals surface area contributed by atoms with Crippen molar-refractivity contribution in [2.45, 2.75) is 57.0 Å². The molecule has 3 aromatic carbocycles. The number of rotatable bonds is 11. The number of hydrogen-bond donors (Lipinski definition) is 1. The quantitative estimate of drug-likeness (QED) is 0.354. The van der Waals surface area contributed by atoms with Gasteiger partial charge >= 0.3 is 0 Å². The number of aryl methyl sites for hydroxylation is 1. The number of ether oxygens (including phenoxy) is 1. The van der Waals surface area contributed by atoms with E-state index in [-0.39, 0.29) is 5.92 Å². The third-order valence-corrected chi connectivity index (χ3v) is 7.13. The summed E-state index contributed by atoms with van der Waals surface area (Å²) in [6, 6.07) is 29.3. The Bertz CT molecular complexity index is 967. The van der Waals surface area contributed by atoms with Crippen molar-refractivity contribution in [2.24, 2.45) is 0 Å². The smallest absolute Gasteiger partial charge is 0.119 e. The average molecular weight is 458 g/mol. The normalized spacial score (nSPS) is 17.1. The van der Waals surface area contributed by atoms with Crippen LogP contribution in [-0.2, 0) is 12.0 Å². The van der Waals surface area contributed by atoms with E-state index in [1.807, 2.05) is 18.2 Å². The fourth-order valence-electron chi connectivity index (χ4n) is 5.18. The Balaban J connectivity index is 1.69. The van der Waals surface area contributed by atoms with E-state index in [0.717, 1.165) is 43.8 Å². The average Bonchev–Trinajstić information content (AvgIpc) is 2.91. The fraction of sp³-hybridized carbons (Fsp3) is 0.419. The van der Waals surface area contributed by atoms with Crippen LogP contribution in [0.4, 0.5) is 0 Å². The summed E-state index contributed by atoms with van der Waals surface area (Å²) in [4.78, 5) is 2.55. The van der Waals surface area contributed by atoms with E-state index < -0.39 is 5.60 Å². The first kappa shape index (κ1) is 24.5. The second kappa shape index (κ2) is 12.2. The maximum atomic E-state index is 12.6. The summed E-state index contributed by atoms with van der Waals surface area (Å²) >= 11 is 0. The van der Waals surface area contributed by atoms with Crippen LogP contribution in [0.5, 0.6) is 5.75 Å². The van der Waals surface area contributed by atoms with Crippen molar-refractivity contribution >= 4 is 0 Å². The van der Waals surface area contributed by atoms with E-state index in [1.165, 1.54) is 30.4 Å². The van der Waals surface area contributed by atoms with E-state index in [4.69, 9.17) is 4.74 Å². The zero-order chi connectivity index (χ0) is 23.6.